The second-order valence-corrected chi connectivity index (χ2v) is 8.89. The summed E-state index contributed by atoms with van der Waals surface area (Å²) in [7, 11) is 1.64. The lowest BCUT2D eigenvalue weighted by Crippen LogP contribution is -2.23. The van der Waals surface area contributed by atoms with Gasteiger partial charge in [0.25, 0.3) is 11.8 Å². The van der Waals surface area contributed by atoms with Crippen molar-refractivity contribution in [1.82, 2.24) is 4.90 Å². The van der Waals surface area contributed by atoms with Crippen LogP contribution in [0.3, 0.4) is 0 Å². The number of thioether (sulfide) groups is 1. The van der Waals surface area contributed by atoms with Gasteiger partial charge in [0.05, 0.1) is 22.8 Å². The summed E-state index contributed by atoms with van der Waals surface area (Å²) in [5.41, 5.74) is 2.26. The van der Waals surface area contributed by atoms with Gasteiger partial charge in [0.15, 0.2) is 11.8 Å². The number of anilines is 1. The fraction of sp³-hybridized carbons (Fsp3) is 0.143. The molecule has 0 unspecified atom stereocenters. The molecule has 9 heteroatoms. The quantitative estimate of drug-likeness (QED) is 0.331. The Morgan fingerprint density at radius 3 is 2.57 bits per heavy atom. The van der Waals surface area contributed by atoms with E-state index < -0.39 is 5.97 Å². The van der Waals surface area contributed by atoms with Gasteiger partial charge < -0.3 is 14.8 Å². The Balaban J connectivity index is 1.49. The Hall–Kier alpha value is -4.37. The van der Waals surface area contributed by atoms with Crippen molar-refractivity contribution in [3.63, 3.8) is 0 Å². The van der Waals surface area contributed by atoms with Gasteiger partial charge in [-0.1, -0.05) is 42.5 Å². The molecule has 3 aromatic carbocycles. The second-order valence-electron chi connectivity index (χ2n) is 7.88. The molecule has 1 fully saturated rings. The zero-order valence-corrected chi connectivity index (χ0v) is 21.2. The summed E-state index contributed by atoms with van der Waals surface area (Å²) in [4.78, 5) is 43.7. The molecule has 8 nitrogen and oxygen atoms in total. The van der Waals surface area contributed by atoms with Crippen LogP contribution in [-0.2, 0) is 14.3 Å². The number of nitrogens with one attached hydrogen (secondary N) is 1. The van der Waals surface area contributed by atoms with E-state index >= 15 is 0 Å². The number of benzene rings is 3. The first-order chi connectivity index (χ1) is 17.9. The van der Waals surface area contributed by atoms with Crippen LogP contribution < -0.4 is 10.1 Å². The van der Waals surface area contributed by atoms with Crippen molar-refractivity contribution >= 4 is 52.2 Å². The largest absolute Gasteiger partial charge is 0.483 e. The second kappa shape index (κ2) is 12.0. The van der Waals surface area contributed by atoms with Crippen molar-refractivity contribution in [2.24, 2.45) is 4.99 Å². The highest BCUT2D eigenvalue weighted by Crippen LogP contribution is 2.34. The Morgan fingerprint density at radius 1 is 1.03 bits per heavy atom. The lowest BCUT2D eigenvalue weighted by Gasteiger charge is -2.10. The number of hydrogen-bond acceptors (Lipinski definition) is 7. The van der Waals surface area contributed by atoms with Crippen LogP contribution in [0.15, 0.2) is 88.8 Å². The molecule has 0 aliphatic carbocycles. The fourth-order valence-corrected chi connectivity index (χ4v) is 4.39. The zero-order chi connectivity index (χ0) is 26.2. The van der Waals surface area contributed by atoms with Crippen molar-refractivity contribution in [3.8, 4) is 5.75 Å². The predicted molar refractivity (Wildman–Crippen MR) is 145 cm³/mol. The van der Waals surface area contributed by atoms with Crippen LogP contribution in [-0.4, -0.2) is 48.1 Å². The average Bonchev–Trinajstić information content (AvgIpc) is 3.16. The number of amidine groups is 1. The van der Waals surface area contributed by atoms with E-state index in [2.05, 4.69) is 10.3 Å². The highest BCUT2D eigenvalue weighted by Gasteiger charge is 2.30. The maximum atomic E-state index is 12.9. The van der Waals surface area contributed by atoms with Crippen molar-refractivity contribution < 1.29 is 23.9 Å². The number of hydrogen-bond donors (Lipinski definition) is 1. The number of nitrogens with zero attached hydrogens (tertiary/aromatic N) is 2. The van der Waals surface area contributed by atoms with E-state index in [1.54, 1.807) is 68.6 Å². The fourth-order valence-electron chi connectivity index (χ4n) is 3.41. The number of carbonyl (C=O) groups is 3. The number of likely N-dealkylation sites (N-methyl/N-ethyl adjacent to an activating group) is 1. The number of para-hydroxylation sites is 2. The highest BCUT2D eigenvalue weighted by molar-refractivity contribution is 8.18. The third kappa shape index (κ3) is 6.65. The van der Waals surface area contributed by atoms with Gasteiger partial charge in [-0.05, 0) is 61.2 Å². The van der Waals surface area contributed by atoms with Gasteiger partial charge in [-0.2, -0.15) is 0 Å². The summed E-state index contributed by atoms with van der Waals surface area (Å²) in [5, 5.41) is 3.25. The molecule has 1 heterocycles. The smallest absolute Gasteiger partial charge is 0.338 e. The average molecular weight is 516 g/mol. The Morgan fingerprint density at radius 2 is 1.78 bits per heavy atom. The SMILES string of the molecule is CCOC(=O)c1cccc(N=C2SC(=Cc3ccccc3OCC(=O)Nc3ccccc3)C(=O)N2C)c1. The van der Waals surface area contributed by atoms with E-state index in [0.29, 0.717) is 38.3 Å². The number of aliphatic imine (C=N–C) groups is 1. The maximum absolute atomic E-state index is 12.9. The van der Waals surface area contributed by atoms with Crippen LogP contribution in [0.25, 0.3) is 6.08 Å². The summed E-state index contributed by atoms with van der Waals surface area (Å²) >= 11 is 1.21. The monoisotopic (exact) mass is 515 g/mol. The molecule has 0 aromatic heterocycles. The molecule has 0 radical (unpaired) electrons. The minimum atomic E-state index is -0.428. The molecular formula is C28H25N3O5S. The van der Waals surface area contributed by atoms with Crippen LogP contribution in [0, 0.1) is 0 Å². The van der Waals surface area contributed by atoms with Crippen LogP contribution in [0.4, 0.5) is 11.4 Å². The molecule has 37 heavy (non-hydrogen) atoms. The molecule has 0 saturated carbocycles. The van der Waals surface area contributed by atoms with Gasteiger partial charge in [-0.15, -0.1) is 0 Å². The van der Waals surface area contributed by atoms with Crippen LogP contribution >= 0.6 is 11.8 Å². The molecule has 1 saturated heterocycles. The molecule has 2 amide bonds. The van der Waals surface area contributed by atoms with E-state index in [1.807, 2.05) is 30.3 Å². The first-order valence-corrected chi connectivity index (χ1v) is 12.4. The first-order valence-electron chi connectivity index (χ1n) is 11.5. The molecule has 1 N–H and O–H groups in total. The summed E-state index contributed by atoms with van der Waals surface area (Å²) in [5.74, 6) is -0.467. The number of amides is 2. The summed E-state index contributed by atoms with van der Waals surface area (Å²) < 4.78 is 10.8. The lowest BCUT2D eigenvalue weighted by molar-refractivity contribution is -0.121. The van der Waals surface area contributed by atoms with Crippen molar-refractivity contribution in [1.29, 1.82) is 0 Å². The molecule has 1 aliphatic rings. The minimum Gasteiger partial charge on any atom is -0.483 e. The molecular weight excluding hydrogens is 490 g/mol. The topological polar surface area (TPSA) is 97.3 Å². The number of esters is 1. The Labute approximate surface area is 219 Å². The molecule has 3 aromatic rings. The zero-order valence-electron chi connectivity index (χ0n) is 20.3. The number of rotatable bonds is 8. The molecule has 0 bridgehead atoms. The van der Waals surface area contributed by atoms with Gasteiger partial charge in [-0.3, -0.25) is 14.5 Å². The van der Waals surface area contributed by atoms with Gasteiger partial charge in [0.1, 0.15) is 5.75 Å². The van der Waals surface area contributed by atoms with E-state index in [1.165, 1.54) is 16.7 Å². The van der Waals surface area contributed by atoms with E-state index in [4.69, 9.17) is 9.47 Å². The van der Waals surface area contributed by atoms with Crippen LogP contribution in [0.1, 0.15) is 22.8 Å². The normalized spacial score (nSPS) is 15.2. The molecule has 0 atom stereocenters. The molecule has 188 valence electrons. The number of carbonyl (C=O) groups excluding carboxylic acids is 3. The van der Waals surface area contributed by atoms with E-state index in [9.17, 15) is 14.4 Å². The molecule has 4 rings (SSSR count). The standard InChI is InChI=1S/C28H25N3O5S/c1-3-35-27(34)20-11-9-14-22(16-20)30-28-31(2)26(33)24(37-28)17-19-10-7-8-15-23(19)36-18-25(32)29-21-12-5-4-6-13-21/h4-17H,3,18H2,1-2H3,(H,29,32). The van der Waals surface area contributed by atoms with Gasteiger partial charge >= 0.3 is 5.97 Å². The van der Waals surface area contributed by atoms with Gasteiger partial charge in [0, 0.05) is 18.3 Å². The Bertz CT molecular complexity index is 1370. The predicted octanol–water partition coefficient (Wildman–Crippen LogP) is 5.11. The summed E-state index contributed by atoms with van der Waals surface area (Å²) in [6.07, 6.45) is 1.71. The third-order valence-corrected chi connectivity index (χ3v) is 6.27. The number of ether oxygens (including phenoxy) is 2. The lowest BCUT2D eigenvalue weighted by atomic mass is 10.2. The third-order valence-electron chi connectivity index (χ3n) is 5.21. The van der Waals surface area contributed by atoms with Crippen molar-refractivity contribution in [2.45, 2.75) is 6.92 Å². The van der Waals surface area contributed by atoms with Crippen LogP contribution in [0.2, 0.25) is 0 Å². The van der Waals surface area contributed by atoms with E-state index in [-0.39, 0.29) is 25.0 Å². The van der Waals surface area contributed by atoms with Crippen LogP contribution in [0.5, 0.6) is 5.75 Å². The highest BCUT2D eigenvalue weighted by atomic mass is 32.2. The maximum Gasteiger partial charge on any atom is 0.338 e. The first kappa shape index (κ1) is 25.7. The van der Waals surface area contributed by atoms with E-state index in [0.717, 1.165) is 0 Å². The van der Waals surface area contributed by atoms with Gasteiger partial charge in [0.2, 0.25) is 0 Å². The van der Waals surface area contributed by atoms with Crippen molar-refractivity contribution in [3.05, 3.63) is 94.9 Å². The molecule has 0 spiro atoms. The summed E-state index contributed by atoms with van der Waals surface area (Å²) in [6, 6.07) is 23.0. The Kier molecular flexibility index (Phi) is 8.37. The van der Waals surface area contributed by atoms with Gasteiger partial charge in [-0.25, -0.2) is 9.79 Å². The summed E-state index contributed by atoms with van der Waals surface area (Å²) in [6.45, 7) is 1.84. The minimum absolute atomic E-state index is 0.181. The van der Waals surface area contributed by atoms with Crippen molar-refractivity contribution in [2.75, 3.05) is 25.6 Å². The molecule has 1 aliphatic heterocycles.